The van der Waals surface area contributed by atoms with Gasteiger partial charge in [-0.15, -0.1) is 0 Å². The summed E-state index contributed by atoms with van der Waals surface area (Å²) in [5.74, 6) is -0.411. The highest BCUT2D eigenvalue weighted by Crippen LogP contribution is 2.27. The van der Waals surface area contributed by atoms with E-state index in [-0.39, 0.29) is 11.0 Å². The van der Waals surface area contributed by atoms with Gasteiger partial charge in [0.05, 0.1) is 0 Å². The van der Waals surface area contributed by atoms with Crippen LogP contribution in [0.3, 0.4) is 0 Å². The second-order valence-electron chi connectivity index (χ2n) is 8.95. The van der Waals surface area contributed by atoms with Crippen LogP contribution in [-0.4, -0.2) is 10.5 Å². The summed E-state index contributed by atoms with van der Waals surface area (Å²) >= 11 is 0. The molecule has 0 aliphatic carbocycles. The zero-order valence-electron chi connectivity index (χ0n) is 19.1. The van der Waals surface area contributed by atoms with E-state index < -0.39 is 5.91 Å². The van der Waals surface area contributed by atoms with Gasteiger partial charge in [0.15, 0.2) is 0 Å². The molecule has 0 saturated carbocycles. The van der Waals surface area contributed by atoms with E-state index in [2.05, 4.69) is 54.9 Å². The SMILES string of the molecule is Cc1ccc(NC(=O)/C(C#N)=C/c2cc(C)n(-c3ccc(C(C)(C)C)cc3)c2C)cc1. The van der Waals surface area contributed by atoms with E-state index >= 15 is 0 Å². The summed E-state index contributed by atoms with van der Waals surface area (Å²) in [6, 6.07) is 20.1. The van der Waals surface area contributed by atoms with Crippen molar-refractivity contribution in [1.82, 2.24) is 4.57 Å². The van der Waals surface area contributed by atoms with Gasteiger partial charge in [-0.2, -0.15) is 5.26 Å². The molecule has 0 bridgehead atoms. The van der Waals surface area contributed by atoms with Crippen LogP contribution < -0.4 is 5.32 Å². The molecular weight excluding hydrogens is 382 g/mol. The summed E-state index contributed by atoms with van der Waals surface area (Å²) in [6.45, 7) is 12.6. The van der Waals surface area contributed by atoms with Gasteiger partial charge in [-0.3, -0.25) is 4.79 Å². The van der Waals surface area contributed by atoms with Crippen LogP contribution in [0.4, 0.5) is 5.69 Å². The predicted octanol–water partition coefficient (Wildman–Crippen LogP) is 6.25. The van der Waals surface area contributed by atoms with Crippen molar-refractivity contribution in [1.29, 1.82) is 5.26 Å². The Hall–Kier alpha value is -3.58. The van der Waals surface area contributed by atoms with Crippen LogP contribution in [0.25, 0.3) is 11.8 Å². The second kappa shape index (κ2) is 8.65. The Bertz CT molecular complexity index is 1170. The number of benzene rings is 2. The molecule has 0 aliphatic rings. The lowest BCUT2D eigenvalue weighted by Gasteiger charge is -2.20. The first-order valence-electron chi connectivity index (χ1n) is 10.4. The minimum Gasteiger partial charge on any atom is -0.321 e. The van der Waals surface area contributed by atoms with Crippen molar-refractivity contribution in [3.63, 3.8) is 0 Å². The van der Waals surface area contributed by atoms with E-state index in [9.17, 15) is 10.1 Å². The molecule has 0 aliphatic heterocycles. The highest BCUT2D eigenvalue weighted by atomic mass is 16.1. The standard InChI is InChI=1S/C27H29N3O/c1-18-7-11-24(12-8-18)29-26(31)22(17-28)16-21-15-19(2)30(20(21)3)25-13-9-23(10-14-25)27(4,5)6/h7-16H,1-6H3,(H,29,31)/b22-16+. The van der Waals surface area contributed by atoms with Crippen LogP contribution in [0.15, 0.2) is 60.2 Å². The van der Waals surface area contributed by atoms with Gasteiger partial charge in [-0.05, 0) is 73.7 Å². The molecule has 0 fully saturated rings. The number of rotatable bonds is 4. The first kappa shape index (κ1) is 22.1. The number of aryl methyl sites for hydroxylation is 2. The Kier molecular flexibility index (Phi) is 6.17. The molecule has 0 atom stereocenters. The largest absolute Gasteiger partial charge is 0.321 e. The normalized spacial score (nSPS) is 11.8. The van der Waals surface area contributed by atoms with Gasteiger partial charge in [0.1, 0.15) is 11.6 Å². The van der Waals surface area contributed by atoms with Crippen molar-refractivity contribution in [2.24, 2.45) is 0 Å². The zero-order valence-corrected chi connectivity index (χ0v) is 19.1. The number of carbonyl (C=O) groups is 1. The number of nitriles is 1. The number of anilines is 1. The first-order chi connectivity index (χ1) is 14.6. The molecule has 158 valence electrons. The molecule has 31 heavy (non-hydrogen) atoms. The van der Waals surface area contributed by atoms with E-state index in [0.717, 1.165) is 28.2 Å². The minimum absolute atomic E-state index is 0.0731. The molecule has 0 radical (unpaired) electrons. The molecule has 0 spiro atoms. The summed E-state index contributed by atoms with van der Waals surface area (Å²) in [6.07, 6.45) is 1.66. The topological polar surface area (TPSA) is 57.8 Å². The summed E-state index contributed by atoms with van der Waals surface area (Å²) in [7, 11) is 0. The van der Waals surface area contributed by atoms with Crippen molar-refractivity contribution in [3.05, 3.63) is 88.2 Å². The van der Waals surface area contributed by atoms with E-state index in [1.807, 2.05) is 57.2 Å². The average molecular weight is 412 g/mol. The van der Waals surface area contributed by atoms with Gasteiger partial charge in [0.25, 0.3) is 5.91 Å². The third-order valence-corrected chi connectivity index (χ3v) is 5.44. The predicted molar refractivity (Wildman–Crippen MR) is 127 cm³/mol. The Balaban J connectivity index is 1.91. The van der Waals surface area contributed by atoms with Gasteiger partial charge < -0.3 is 9.88 Å². The maximum absolute atomic E-state index is 12.6. The first-order valence-corrected chi connectivity index (χ1v) is 10.4. The molecule has 4 heteroatoms. The van der Waals surface area contributed by atoms with Crippen LogP contribution in [0.5, 0.6) is 0 Å². The number of hydrogen-bond acceptors (Lipinski definition) is 2. The van der Waals surface area contributed by atoms with Crippen LogP contribution in [0.1, 0.15) is 48.8 Å². The quantitative estimate of drug-likeness (QED) is 0.408. The number of amides is 1. The van der Waals surface area contributed by atoms with Crippen LogP contribution in [0.2, 0.25) is 0 Å². The lowest BCUT2D eigenvalue weighted by molar-refractivity contribution is -0.112. The molecule has 1 N–H and O–H groups in total. The summed E-state index contributed by atoms with van der Waals surface area (Å²) < 4.78 is 2.14. The lowest BCUT2D eigenvalue weighted by atomic mass is 9.87. The molecule has 2 aromatic carbocycles. The van der Waals surface area contributed by atoms with Gasteiger partial charge in [-0.1, -0.05) is 50.6 Å². The molecule has 1 amide bonds. The van der Waals surface area contributed by atoms with Crippen molar-refractivity contribution in [2.45, 2.75) is 47.0 Å². The maximum Gasteiger partial charge on any atom is 0.266 e. The Morgan fingerprint density at radius 1 is 1.00 bits per heavy atom. The van der Waals surface area contributed by atoms with Crippen LogP contribution in [-0.2, 0) is 10.2 Å². The van der Waals surface area contributed by atoms with Gasteiger partial charge >= 0.3 is 0 Å². The summed E-state index contributed by atoms with van der Waals surface area (Å²) in [5, 5.41) is 12.4. The van der Waals surface area contributed by atoms with Crippen molar-refractivity contribution in [3.8, 4) is 11.8 Å². The fourth-order valence-electron chi connectivity index (χ4n) is 3.58. The number of nitrogens with one attached hydrogen (secondary N) is 1. The third-order valence-electron chi connectivity index (χ3n) is 5.44. The fraction of sp³-hybridized carbons (Fsp3) is 0.259. The monoisotopic (exact) mass is 411 g/mol. The highest BCUT2D eigenvalue weighted by molar-refractivity contribution is 6.09. The Morgan fingerprint density at radius 2 is 1.61 bits per heavy atom. The summed E-state index contributed by atoms with van der Waals surface area (Å²) in [4.78, 5) is 12.6. The highest BCUT2D eigenvalue weighted by Gasteiger charge is 2.16. The van der Waals surface area contributed by atoms with Crippen LogP contribution in [0, 0.1) is 32.1 Å². The zero-order chi connectivity index (χ0) is 22.8. The molecule has 4 nitrogen and oxygen atoms in total. The van der Waals surface area contributed by atoms with E-state index in [4.69, 9.17) is 0 Å². The van der Waals surface area contributed by atoms with Crippen LogP contribution >= 0.6 is 0 Å². The maximum atomic E-state index is 12.6. The van der Waals surface area contributed by atoms with Crippen molar-refractivity contribution < 1.29 is 4.79 Å². The van der Waals surface area contributed by atoms with E-state index in [0.29, 0.717) is 5.69 Å². The minimum atomic E-state index is -0.411. The number of carbonyl (C=O) groups excluding carboxylic acids is 1. The number of hydrogen-bond donors (Lipinski definition) is 1. The fourth-order valence-corrected chi connectivity index (χ4v) is 3.58. The van der Waals surface area contributed by atoms with Crippen molar-refractivity contribution in [2.75, 3.05) is 5.32 Å². The van der Waals surface area contributed by atoms with Gasteiger partial charge in [0, 0.05) is 22.8 Å². The Morgan fingerprint density at radius 3 is 2.16 bits per heavy atom. The van der Waals surface area contributed by atoms with E-state index in [1.165, 1.54) is 5.56 Å². The third kappa shape index (κ3) is 4.95. The second-order valence-corrected chi connectivity index (χ2v) is 8.95. The lowest BCUT2D eigenvalue weighted by Crippen LogP contribution is -2.13. The molecule has 3 rings (SSSR count). The van der Waals surface area contributed by atoms with Gasteiger partial charge in [-0.25, -0.2) is 0 Å². The Labute approximate surface area is 184 Å². The summed E-state index contributed by atoms with van der Waals surface area (Å²) in [5.41, 5.74) is 7.17. The number of aromatic nitrogens is 1. The molecule has 1 aromatic heterocycles. The average Bonchev–Trinajstić information content (AvgIpc) is 3.00. The molecule has 0 saturated heterocycles. The molecular formula is C27H29N3O. The molecule has 0 unspecified atom stereocenters. The smallest absolute Gasteiger partial charge is 0.266 e. The van der Waals surface area contributed by atoms with Crippen molar-refractivity contribution >= 4 is 17.7 Å². The van der Waals surface area contributed by atoms with E-state index in [1.54, 1.807) is 6.08 Å². The molecule has 3 aromatic rings. The molecule has 1 heterocycles. The number of nitrogens with zero attached hydrogens (tertiary/aromatic N) is 2. The van der Waals surface area contributed by atoms with Gasteiger partial charge in [0.2, 0.25) is 0 Å².